The molecule has 18 heavy (non-hydrogen) atoms. The summed E-state index contributed by atoms with van der Waals surface area (Å²) < 4.78 is 5.87. The van der Waals surface area contributed by atoms with E-state index >= 15 is 0 Å². The summed E-state index contributed by atoms with van der Waals surface area (Å²) in [6.45, 7) is 2.74. The van der Waals surface area contributed by atoms with Gasteiger partial charge in [-0.25, -0.2) is 0 Å². The SMILES string of the molecule is CCCCCCCCOC(=O)Cc1ccsc1Cl. The monoisotopic (exact) mass is 288 g/mol. The molecular formula is C14H21ClO2S. The third-order valence-corrected chi connectivity index (χ3v) is 4.04. The van der Waals surface area contributed by atoms with Crippen LogP contribution >= 0.6 is 22.9 Å². The largest absolute Gasteiger partial charge is 0.465 e. The number of rotatable bonds is 9. The van der Waals surface area contributed by atoms with Crippen molar-refractivity contribution >= 4 is 28.9 Å². The molecule has 0 atom stereocenters. The lowest BCUT2D eigenvalue weighted by atomic mass is 10.1. The lowest BCUT2D eigenvalue weighted by molar-refractivity contribution is -0.142. The fraction of sp³-hybridized carbons (Fsp3) is 0.643. The van der Waals surface area contributed by atoms with Crippen molar-refractivity contribution in [2.45, 2.75) is 51.9 Å². The van der Waals surface area contributed by atoms with Crippen molar-refractivity contribution in [2.24, 2.45) is 0 Å². The van der Waals surface area contributed by atoms with Crippen LogP contribution in [0.4, 0.5) is 0 Å². The number of hydrogen-bond donors (Lipinski definition) is 0. The maximum Gasteiger partial charge on any atom is 0.310 e. The van der Waals surface area contributed by atoms with E-state index in [-0.39, 0.29) is 12.4 Å². The smallest absolute Gasteiger partial charge is 0.310 e. The zero-order valence-electron chi connectivity index (χ0n) is 10.9. The predicted octanol–water partition coefficient (Wildman–Crippen LogP) is 4.85. The first-order valence-electron chi connectivity index (χ1n) is 6.61. The van der Waals surface area contributed by atoms with E-state index in [0.29, 0.717) is 10.9 Å². The molecule has 0 N–H and O–H groups in total. The van der Waals surface area contributed by atoms with Gasteiger partial charge in [-0.1, -0.05) is 50.6 Å². The summed E-state index contributed by atoms with van der Waals surface area (Å²) >= 11 is 7.37. The molecule has 0 amide bonds. The zero-order chi connectivity index (χ0) is 13.2. The van der Waals surface area contributed by atoms with Crippen molar-refractivity contribution in [1.29, 1.82) is 0 Å². The van der Waals surface area contributed by atoms with Gasteiger partial charge >= 0.3 is 5.97 Å². The Bertz CT molecular complexity index is 349. The Labute approximate surface area is 118 Å². The molecule has 0 aromatic carbocycles. The molecule has 0 unspecified atom stereocenters. The molecule has 4 heteroatoms. The van der Waals surface area contributed by atoms with Gasteiger partial charge in [-0.15, -0.1) is 11.3 Å². The molecule has 102 valence electrons. The van der Waals surface area contributed by atoms with Crippen molar-refractivity contribution < 1.29 is 9.53 Å². The number of thiophene rings is 1. The Morgan fingerprint density at radius 1 is 1.28 bits per heavy atom. The number of unbranched alkanes of at least 4 members (excludes halogenated alkanes) is 5. The molecule has 0 saturated carbocycles. The van der Waals surface area contributed by atoms with E-state index in [9.17, 15) is 4.79 Å². The van der Waals surface area contributed by atoms with Crippen LogP contribution in [0.3, 0.4) is 0 Å². The second kappa shape index (κ2) is 9.40. The van der Waals surface area contributed by atoms with Gasteiger partial charge in [-0.05, 0) is 23.4 Å². The molecule has 0 aliphatic carbocycles. The maximum atomic E-state index is 11.5. The van der Waals surface area contributed by atoms with Gasteiger partial charge in [0.2, 0.25) is 0 Å². The Morgan fingerprint density at radius 3 is 2.67 bits per heavy atom. The van der Waals surface area contributed by atoms with E-state index in [2.05, 4.69) is 6.92 Å². The van der Waals surface area contributed by atoms with Gasteiger partial charge in [0, 0.05) is 0 Å². The fourth-order valence-electron chi connectivity index (χ4n) is 1.72. The molecule has 1 aromatic rings. The lowest BCUT2D eigenvalue weighted by Crippen LogP contribution is -2.08. The van der Waals surface area contributed by atoms with Crippen LogP contribution in [0.2, 0.25) is 4.34 Å². The zero-order valence-corrected chi connectivity index (χ0v) is 12.5. The van der Waals surface area contributed by atoms with Gasteiger partial charge in [-0.2, -0.15) is 0 Å². The topological polar surface area (TPSA) is 26.3 Å². The second-order valence-electron chi connectivity index (χ2n) is 4.38. The van der Waals surface area contributed by atoms with Gasteiger partial charge in [0.1, 0.15) is 0 Å². The normalized spacial score (nSPS) is 10.6. The summed E-state index contributed by atoms with van der Waals surface area (Å²) in [6, 6.07) is 1.87. The number of carbonyl (C=O) groups excluding carboxylic acids is 1. The minimum atomic E-state index is -0.177. The van der Waals surface area contributed by atoms with Crippen molar-refractivity contribution in [3.05, 3.63) is 21.3 Å². The van der Waals surface area contributed by atoms with E-state index in [1.54, 1.807) is 0 Å². The molecule has 0 saturated heterocycles. The quantitative estimate of drug-likeness (QED) is 0.480. The highest BCUT2D eigenvalue weighted by Crippen LogP contribution is 2.23. The van der Waals surface area contributed by atoms with Gasteiger partial charge in [-0.3, -0.25) is 4.79 Å². The van der Waals surface area contributed by atoms with E-state index in [4.69, 9.17) is 16.3 Å². The molecule has 0 aliphatic heterocycles. The highest BCUT2D eigenvalue weighted by molar-refractivity contribution is 7.14. The lowest BCUT2D eigenvalue weighted by Gasteiger charge is -2.04. The highest BCUT2D eigenvalue weighted by atomic mass is 35.5. The van der Waals surface area contributed by atoms with Crippen LogP contribution in [0.15, 0.2) is 11.4 Å². The Balaban J connectivity index is 2.02. The molecule has 1 aromatic heterocycles. The van der Waals surface area contributed by atoms with Gasteiger partial charge in [0.05, 0.1) is 17.4 Å². The standard InChI is InChI=1S/C14H21ClO2S/c1-2-3-4-5-6-7-9-17-13(16)11-12-8-10-18-14(12)15/h8,10H,2-7,9,11H2,1H3. The van der Waals surface area contributed by atoms with E-state index in [1.165, 1.54) is 37.0 Å². The maximum absolute atomic E-state index is 11.5. The van der Waals surface area contributed by atoms with Crippen LogP contribution in [0.5, 0.6) is 0 Å². The van der Waals surface area contributed by atoms with E-state index in [1.807, 2.05) is 11.4 Å². The summed E-state index contributed by atoms with van der Waals surface area (Å²) in [6.07, 6.45) is 7.49. The van der Waals surface area contributed by atoms with Crippen molar-refractivity contribution in [3.8, 4) is 0 Å². The average molecular weight is 289 g/mol. The first-order valence-corrected chi connectivity index (χ1v) is 7.87. The molecule has 0 aliphatic rings. The molecule has 0 spiro atoms. The van der Waals surface area contributed by atoms with Crippen LogP contribution < -0.4 is 0 Å². The fourth-order valence-corrected chi connectivity index (χ4v) is 2.65. The van der Waals surface area contributed by atoms with Crippen molar-refractivity contribution in [1.82, 2.24) is 0 Å². The average Bonchev–Trinajstić information content (AvgIpc) is 2.74. The summed E-state index contributed by atoms with van der Waals surface area (Å²) in [7, 11) is 0. The Morgan fingerprint density at radius 2 is 2.00 bits per heavy atom. The molecule has 1 rings (SSSR count). The number of hydrogen-bond acceptors (Lipinski definition) is 3. The van der Waals surface area contributed by atoms with Crippen molar-refractivity contribution in [2.75, 3.05) is 6.61 Å². The highest BCUT2D eigenvalue weighted by Gasteiger charge is 2.08. The number of halogens is 1. The Kier molecular flexibility index (Phi) is 8.10. The minimum Gasteiger partial charge on any atom is -0.465 e. The Hall–Kier alpha value is -0.540. The van der Waals surface area contributed by atoms with Crippen LogP contribution in [0, 0.1) is 0 Å². The summed E-state index contributed by atoms with van der Waals surface area (Å²) in [5.74, 6) is -0.177. The van der Waals surface area contributed by atoms with Crippen LogP contribution in [0.25, 0.3) is 0 Å². The summed E-state index contributed by atoms with van der Waals surface area (Å²) in [5.41, 5.74) is 0.870. The van der Waals surface area contributed by atoms with Gasteiger partial charge in [0.25, 0.3) is 0 Å². The van der Waals surface area contributed by atoms with Gasteiger partial charge < -0.3 is 4.74 Å². The van der Waals surface area contributed by atoms with Crippen LogP contribution in [0.1, 0.15) is 51.0 Å². The summed E-state index contributed by atoms with van der Waals surface area (Å²) in [4.78, 5) is 11.5. The third-order valence-electron chi connectivity index (χ3n) is 2.79. The molecule has 0 radical (unpaired) electrons. The van der Waals surface area contributed by atoms with E-state index in [0.717, 1.165) is 18.4 Å². The van der Waals surface area contributed by atoms with Gasteiger partial charge in [0.15, 0.2) is 0 Å². The number of esters is 1. The third kappa shape index (κ3) is 6.41. The minimum absolute atomic E-state index is 0.177. The molecule has 0 bridgehead atoms. The second-order valence-corrected chi connectivity index (χ2v) is 5.90. The molecule has 1 heterocycles. The molecular weight excluding hydrogens is 268 g/mol. The van der Waals surface area contributed by atoms with Crippen LogP contribution in [-0.4, -0.2) is 12.6 Å². The van der Waals surface area contributed by atoms with Crippen molar-refractivity contribution in [3.63, 3.8) is 0 Å². The molecule has 2 nitrogen and oxygen atoms in total. The number of carbonyl (C=O) groups is 1. The first-order chi connectivity index (χ1) is 8.74. The predicted molar refractivity (Wildman–Crippen MR) is 77.4 cm³/mol. The molecule has 0 fully saturated rings. The number of ether oxygens (including phenoxy) is 1. The van der Waals surface area contributed by atoms with Crippen LogP contribution in [-0.2, 0) is 16.0 Å². The van der Waals surface area contributed by atoms with E-state index < -0.39 is 0 Å². The summed E-state index contributed by atoms with van der Waals surface area (Å²) in [5, 5.41) is 1.89. The first kappa shape index (κ1) is 15.5.